The number of aromatic nitrogens is 3. The maximum absolute atomic E-state index is 5.24. The third-order valence-electron chi connectivity index (χ3n) is 4.46. The molecule has 0 spiro atoms. The maximum atomic E-state index is 5.24. The van der Waals surface area contributed by atoms with Gasteiger partial charge in [-0.1, -0.05) is 26.0 Å². The van der Waals surface area contributed by atoms with E-state index in [1.165, 1.54) is 12.0 Å². The molecule has 1 saturated heterocycles. The van der Waals surface area contributed by atoms with Crippen LogP contribution in [-0.2, 0) is 13.1 Å². The molecule has 0 radical (unpaired) electrons. The Morgan fingerprint density at radius 2 is 2.04 bits per heavy atom. The fraction of sp³-hybridized carbons (Fsp3) is 0.556. The Morgan fingerprint density at radius 1 is 1.26 bits per heavy atom. The molecule has 0 unspecified atom stereocenters. The van der Waals surface area contributed by atoms with Crippen molar-refractivity contribution in [2.45, 2.75) is 39.3 Å². The summed E-state index contributed by atoms with van der Waals surface area (Å²) in [5.74, 6) is 3.18. The molecule has 5 nitrogen and oxygen atoms in total. The van der Waals surface area contributed by atoms with Crippen LogP contribution in [0.4, 0.5) is 0 Å². The molecule has 124 valence electrons. The number of benzene rings is 1. The molecule has 23 heavy (non-hydrogen) atoms. The van der Waals surface area contributed by atoms with Gasteiger partial charge in [-0.15, -0.1) is 0 Å². The SMILES string of the molecule is COc1ccc([C@@H]2CCN(Cc3ncnn3CC(C)C)C2)cc1. The van der Waals surface area contributed by atoms with E-state index in [-0.39, 0.29) is 0 Å². The Labute approximate surface area is 138 Å². The van der Waals surface area contributed by atoms with Crippen molar-refractivity contribution in [1.29, 1.82) is 0 Å². The van der Waals surface area contributed by atoms with Crippen LogP contribution in [0.25, 0.3) is 0 Å². The standard InChI is InChI=1S/C18H26N4O/c1-14(2)10-22-18(19-13-20-22)12-21-9-8-16(11-21)15-4-6-17(23-3)7-5-15/h4-7,13-14,16H,8-12H2,1-3H3/t16-/m1/s1. The predicted octanol–water partition coefficient (Wildman–Crippen LogP) is 2.93. The number of likely N-dealkylation sites (tertiary alicyclic amines) is 1. The highest BCUT2D eigenvalue weighted by Gasteiger charge is 2.25. The monoisotopic (exact) mass is 314 g/mol. The van der Waals surface area contributed by atoms with Crippen molar-refractivity contribution in [3.63, 3.8) is 0 Å². The van der Waals surface area contributed by atoms with E-state index in [1.807, 2.05) is 4.68 Å². The topological polar surface area (TPSA) is 43.2 Å². The number of hydrogen-bond donors (Lipinski definition) is 0. The fourth-order valence-corrected chi connectivity index (χ4v) is 3.23. The van der Waals surface area contributed by atoms with E-state index in [0.717, 1.165) is 37.8 Å². The average Bonchev–Trinajstić information content (AvgIpc) is 3.18. The summed E-state index contributed by atoms with van der Waals surface area (Å²) < 4.78 is 7.29. The molecule has 1 atom stereocenters. The van der Waals surface area contributed by atoms with E-state index in [9.17, 15) is 0 Å². The van der Waals surface area contributed by atoms with E-state index in [1.54, 1.807) is 13.4 Å². The summed E-state index contributed by atoms with van der Waals surface area (Å²) in [5.41, 5.74) is 1.40. The van der Waals surface area contributed by atoms with Crippen LogP contribution in [-0.4, -0.2) is 39.9 Å². The molecular weight excluding hydrogens is 288 g/mol. The average molecular weight is 314 g/mol. The number of methoxy groups -OCH3 is 1. The Morgan fingerprint density at radius 3 is 2.74 bits per heavy atom. The Hall–Kier alpha value is -1.88. The van der Waals surface area contributed by atoms with Crippen LogP contribution in [0.2, 0.25) is 0 Å². The molecule has 2 heterocycles. The van der Waals surface area contributed by atoms with Crippen molar-refractivity contribution < 1.29 is 4.74 Å². The highest BCUT2D eigenvalue weighted by Crippen LogP contribution is 2.29. The van der Waals surface area contributed by atoms with Gasteiger partial charge in [0.2, 0.25) is 0 Å². The second-order valence-electron chi connectivity index (χ2n) is 6.75. The molecule has 1 aliphatic heterocycles. The molecule has 3 rings (SSSR count). The summed E-state index contributed by atoms with van der Waals surface area (Å²) in [5, 5.41) is 4.36. The van der Waals surface area contributed by atoms with Gasteiger partial charge >= 0.3 is 0 Å². The first-order valence-corrected chi connectivity index (χ1v) is 8.38. The van der Waals surface area contributed by atoms with Crippen molar-refractivity contribution >= 4 is 0 Å². The van der Waals surface area contributed by atoms with E-state index in [4.69, 9.17) is 4.74 Å². The van der Waals surface area contributed by atoms with Crippen molar-refractivity contribution in [3.05, 3.63) is 42.0 Å². The quantitative estimate of drug-likeness (QED) is 0.822. The van der Waals surface area contributed by atoms with Gasteiger partial charge in [0.05, 0.1) is 13.7 Å². The largest absolute Gasteiger partial charge is 0.497 e. The lowest BCUT2D eigenvalue weighted by atomic mass is 9.98. The van der Waals surface area contributed by atoms with Crippen LogP contribution in [0, 0.1) is 5.92 Å². The molecular formula is C18H26N4O. The van der Waals surface area contributed by atoms with Gasteiger partial charge in [0.15, 0.2) is 0 Å². The van der Waals surface area contributed by atoms with Crippen LogP contribution < -0.4 is 4.74 Å². The fourth-order valence-electron chi connectivity index (χ4n) is 3.23. The molecule has 1 fully saturated rings. The van der Waals surface area contributed by atoms with Crippen LogP contribution >= 0.6 is 0 Å². The molecule has 2 aromatic rings. The molecule has 0 bridgehead atoms. The van der Waals surface area contributed by atoms with E-state index >= 15 is 0 Å². The lowest BCUT2D eigenvalue weighted by Crippen LogP contribution is -2.23. The summed E-state index contributed by atoms with van der Waals surface area (Å²) >= 11 is 0. The van der Waals surface area contributed by atoms with Gasteiger partial charge in [0, 0.05) is 13.1 Å². The van der Waals surface area contributed by atoms with Gasteiger partial charge in [-0.25, -0.2) is 9.67 Å². The smallest absolute Gasteiger partial charge is 0.141 e. The Balaban J connectivity index is 1.60. The first kappa shape index (κ1) is 16.0. The van der Waals surface area contributed by atoms with E-state index in [0.29, 0.717) is 11.8 Å². The predicted molar refractivity (Wildman–Crippen MR) is 90.5 cm³/mol. The maximum Gasteiger partial charge on any atom is 0.141 e. The van der Waals surface area contributed by atoms with Gasteiger partial charge in [0.1, 0.15) is 17.9 Å². The number of nitrogens with zero attached hydrogens (tertiary/aromatic N) is 4. The minimum Gasteiger partial charge on any atom is -0.497 e. The summed E-state index contributed by atoms with van der Waals surface area (Å²) in [6.45, 7) is 8.44. The number of rotatable bonds is 6. The zero-order chi connectivity index (χ0) is 16.2. The van der Waals surface area contributed by atoms with Gasteiger partial charge in [-0.05, 0) is 42.5 Å². The molecule has 5 heteroatoms. The van der Waals surface area contributed by atoms with E-state index < -0.39 is 0 Å². The third kappa shape index (κ3) is 3.91. The lowest BCUT2D eigenvalue weighted by molar-refractivity contribution is 0.305. The summed E-state index contributed by atoms with van der Waals surface area (Å²) in [4.78, 5) is 6.93. The molecule has 0 aliphatic carbocycles. The minimum atomic E-state index is 0.584. The zero-order valence-electron chi connectivity index (χ0n) is 14.3. The van der Waals surface area contributed by atoms with Gasteiger partial charge in [-0.2, -0.15) is 5.10 Å². The van der Waals surface area contributed by atoms with Crippen LogP contribution in [0.15, 0.2) is 30.6 Å². The van der Waals surface area contributed by atoms with Crippen molar-refractivity contribution in [2.75, 3.05) is 20.2 Å². The second-order valence-corrected chi connectivity index (χ2v) is 6.75. The lowest BCUT2D eigenvalue weighted by Gasteiger charge is -2.17. The second kappa shape index (κ2) is 7.13. The molecule has 0 saturated carbocycles. The summed E-state index contributed by atoms with van der Waals surface area (Å²) in [6, 6.07) is 8.48. The molecule has 1 aromatic carbocycles. The van der Waals surface area contributed by atoms with Crippen molar-refractivity contribution in [3.8, 4) is 5.75 Å². The number of ether oxygens (including phenoxy) is 1. The molecule has 0 N–H and O–H groups in total. The molecule has 1 aliphatic rings. The van der Waals surface area contributed by atoms with Crippen LogP contribution in [0.1, 0.15) is 37.6 Å². The van der Waals surface area contributed by atoms with Gasteiger partial charge in [-0.3, -0.25) is 4.90 Å². The highest BCUT2D eigenvalue weighted by atomic mass is 16.5. The zero-order valence-corrected chi connectivity index (χ0v) is 14.3. The Bertz CT molecular complexity index is 620. The van der Waals surface area contributed by atoms with E-state index in [2.05, 4.69) is 53.1 Å². The first-order chi connectivity index (χ1) is 11.2. The van der Waals surface area contributed by atoms with Crippen molar-refractivity contribution in [1.82, 2.24) is 19.7 Å². The number of hydrogen-bond acceptors (Lipinski definition) is 4. The highest BCUT2D eigenvalue weighted by molar-refractivity contribution is 5.30. The normalized spacial score (nSPS) is 18.7. The van der Waals surface area contributed by atoms with Gasteiger partial charge in [0.25, 0.3) is 0 Å². The van der Waals surface area contributed by atoms with Crippen LogP contribution in [0.5, 0.6) is 5.75 Å². The summed E-state index contributed by atoms with van der Waals surface area (Å²) in [7, 11) is 1.71. The Kier molecular flexibility index (Phi) is 4.96. The van der Waals surface area contributed by atoms with Gasteiger partial charge < -0.3 is 4.74 Å². The third-order valence-corrected chi connectivity index (χ3v) is 4.46. The molecule has 0 amide bonds. The first-order valence-electron chi connectivity index (χ1n) is 8.38. The van der Waals surface area contributed by atoms with Crippen LogP contribution in [0.3, 0.4) is 0 Å². The summed E-state index contributed by atoms with van der Waals surface area (Å²) in [6.07, 6.45) is 2.87. The molecule has 1 aromatic heterocycles. The minimum absolute atomic E-state index is 0.584. The van der Waals surface area contributed by atoms with Crippen molar-refractivity contribution in [2.24, 2.45) is 5.92 Å².